The molecule has 194 valence electrons. The predicted octanol–water partition coefficient (Wildman–Crippen LogP) is 4.80. The molecule has 0 saturated carbocycles. The predicted molar refractivity (Wildman–Crippen MR) is 141 cm³/mol. The molecule has 3 atom stereocenters. The second kappa shape index (κ2) is 14.4. The summed E-state index contributed by atoms with van der Waals surface area (Å²) in [7, 11) is 0. The molecule has 0 saturated heterocycles. The van der Waals surface area contributed by atoms with Crippen molar-refractivity contribution in [3.8, 4) is 0 Å². The smallest absolute Gasteiger partial charge is 0.408 e. The second-order valence-corrected chi connectivity index (χ2v) is 8.91. The Kier molecular flexibility index (Phi) is 10.7. The van der Waals surface area contributed by atoms with Gasteiger partial charge >= 0.3 is 12.1 Å². The van der Waals surface area contributed by atoms with Gasteiger partial charge in [0.15, 0.2) is 0 Å². The summed E-state index contributed by atoms with van der Waals surface area (Å²) in [5, 5.41) is 5.49. The van der Waals surface area contributed by atoms with Gasteiger partial charge in [0.25, 0.3) is 0 Å². The van der Waals surface area contributed by atoms with Crippen molar-refractivity contribution in [1.82, 2.24) is 10.6 Å². The molecule has 7 nitrogen and oxygen atoms in total. The lowest BCUT2D eigenvalue weighted by Gasteiger charge is -2.26. The van der Waals surface area contributed by atoms with Crippen LogP contribution in [0, 0.1) is 5.92 Å². The first-order chi connectivity index (χ1) is 18.0. The van der Waals surface area contributed by atoms with Crippen molar-refractivity contribution in [1.29, 1.82) is 0 Å². The summed E-state index contributed by atoms with van der Waals surface area (Å²) in [5.41, 5.74) is 2.56. The van der Waals surface area contributed by atoms with E-state index in [4.69, 9.17) is 9.47 Å². The Hall–Kier alpha value is -4.13. The average Bonchev–Trinajstić information content (AvgIpc) is 2.94. The van der Waals surface area contributed by atoms with Crippen LogP contribution in [0.1, 0.15) is 37.0 Å². The van der Waals surface area contributed by atoms with Crippen LogP contribution in [0.4, 0.5) is 4.79 Å². The highest BCUT2D eigenvalue weighted by molar-refractivity contribution is 5.90. The zero-order chi connectivity index (χ0) is 26.5. The first kappa shape index (κ1) is 27.5. The van der Waals surface area contributed by atoms with Crippen LogP contribution in [-0.2, 0) is 38.7 Å². The molecular formula is C30H34N2O5. The number of esters is 1. The fraction of sp³-hybridized carbons (Fsp3) is 0.300. The Morgan fingerprint density at radius 3 is 1.70 bits per heavy atom. The quantitative estimate of drug-likeness (QED) is 0.347. The standard InChI is InChI=1S/C30H34N2O5/c1-3-22(2)27(32-30(35)37-21-25-17-11-6-12-18-25)28(33)31-26(19-23-13-7-4-8-14-23)29(34)36-20-24-15-9-5-10-16-24/h4-18,22,26-27H,3,19-21H2,1-2H3,(H,31,33)(H,32,35)/t22-,26+,27-/m0/s1. The van der Waals surface area contributed by atoms with E-state index in [9.17, 15) is 14.4 Å². The van der Waals surface area contributed by atoms with Gasteiger partial charge < -0.3 is 20.1 Å². The van der Waals surface area contributed by atoms with E-state index in [1.54, 1.807) is 0 Å². The monoisotopic (exact) mass is 502 g/mol. The molecule has 2 amide bonds. The van der Waals surface area contributed by atoms with Crippen molar-refractivity contribution in [2.45, 2.75) is 52.0 Å². The first-order valence-electron chi connectivity index (χ1n) is 12.5. The van der Waals surface area contributed by atoms with Crippen LogP contribution in [-0.4, -0.2) is 30.1 Å². The van der Waals surface area contributed by atoms with E-state index in [-0.39, 0.29) is 25.6 Å². The molecule has 0 aromatic heterocycles. The summed E-state index contributed by atoms with van der Waals surface area (Å²) in [6.07, 6.45) is 0.195. The van der Waals surface area contributed by atoms with Crippen molar-refractivity contribution >= 4 is 18.0 Å². The Bertz CT molecular complexity index is 1120. The number of benzene rings is 3. The zero-order valence-corrected chi connectivity index (χ0v) is 21.3. The number of ether oxygens (including phenoxy) is 2. The summed E-state index contributed by atoms with van der Waals surface area (Å²) in [6, 6.07) is 26.2. The zero-order valence-electron chi connectivity index (χ0n) is 21.3. The molecule has 0 radical (unpaired) electrons. The van der Waals surface area contributed by atoms with Crippen LogP contribution in [0.2, 0.25) is 0 Å². The number of hydrogen-bond acceptors (Lipinski definition) is 5. The van der Waals surface area contributed by atoms with Crippen molar-refractivity contribution in [3.63, 3.8) is 0 Å². The molecule has 3 aromatic rings. The van der Waals surface area contributed by atoms with Crippen LogP contribution < -0.4 is 10.6 Å². The van der Waals surface area contributed by atoms with Gasteiger partial charge in [-0.2, -0.15) is 0 Å². The number of alkyl carbamates (subject to hydrolysis) is 1. The summed E-state index contributed by atoms with van der Waals surface area (Å²) in [5.74, 6) is -1.21. The highest BCUT2D eigenvalue weighted by Crippen LogP contribution is 2.12. The SMILES string of the molecule is CC[C@H](C)[C@H](NC(=O)OCc1ccccc1)C(=O)N[C@H](Cc1ccccc1)C(=O)OCc1ccccc1. The van der Waals surface area contributed by atoms with Crippen LogP contribution >= 0.6 is 0 Å². The van der Waals surface area contributed by atoms with E-state index in [2.05, 4.69) is 10.6 Å². The van der Waals surface area contributed by atoms with Crippen molar-refractivity contribution in [2.75, 3.05) is 0 Å². The molecule has 0 aliphatic carbocycles. The fourth-order valence-electron chi connectivity index (χ4n) is 3.73. The fourth-order valence-corrected chi connectivity index (χ4v) is 3.73. The van der Waals surface area contributed by atoms with Crippen LogP contribution in [0.5, 0.6) is 0 Å². The number of carbonyl (C=O) groups excluding carboxylic acids is 3. The van der Waals surface area contributed by atoms with Crippen LogP contribution in [0.15, 0.2) is 91.0 Å². The van der Waals surface area contributed by atoms with Gasteiger partial charge in [-0.15, -0.1) is 0 Å². The molecule has 0 bridgehead atoms. The largest absolute Gasteiger partial charge is 0.459 e. The second-order valence-electron chi connectivity index (χ2n) is 8.91. The summed E-state index contributed by atoms with van der Waals surface area (Å²) < 4.78 is 10.9. The maximum atomic E-state index is 13.3. The summed E-state index contributed by atoms with van der Waals surface area (Å²) in [6.45, 7) is 3.98. The lowest BCUT2D eigenvalue weighted by atomic mass is 9.97. The molecule has 37 heavy (non-hydrogen) atoms. The maximum Gasteiger partial charge on any atom is 0.408 e. The molecule has 0 heterocycles. The molecule has 2 N–H and O–H groups in total. The third kappa shape index (κ3) is 9.11. The minimum atomic E-state index is -0.924. The van der Waals surface area contributed by atoms with E-state index >= 15 is 0 Å². The number of rotatable bonds is 12. The van der Waals surface area contributed by atoms with Crippen molar-refractivity contribution in [2.24, 2.45) is 5.92 Å². The molecule has 3 rings (SSSR count). The Morgan fingerprint density at radius 2 is 1.19 bits per heavy atom. The van der Waals surface area contributed by atoms with Gasteiger partial charge in [0.1, 0.15) is 25.3 Å². The third-order valence-electron chi connectivity index (χ3n) is 6.09. The number of hydrogen-bond donors (Lipinski definition) is 2. The Balaban J connectivity index is 1.67. The topological polar surface area (TPSA) is 93.7 Å². The van der Waals surface area contributed by atoms with E-state index < -0.39 is 30.1 Å². The average molecular weight is 503 g/mol. The Morgan fingerprint density at radius 1 is 0.703 bits per heavy atom. The van der Waals surface area contributed by atoms with Crippen LogP contribution in [0.25, 0.3) is 0 Å². The summed E-state index contributed by atoms with van der Waals surface area (Å²) in [4.78, 5) is 38.9. The molecule has 7 heteroatoms. The van der Waals surface area contributed by atoms with E-state index in [1.165, 1.54) is 0 Å². The van der Waals surface area contributed by atoms with Crippen LogP contribution in [0.3, 0.4) is 0 Å². The van der Waals surface area contributed by atoms with Gasteiger partial charge in [-0.05, 0) is 22.6 Å². The molecule has 0 spiro atoms. The highest BCUT2D eigenvalue weighted by Gasteiger charge is 2.31. The van der Waals surface area contributed by atoms with Gasteiger partial charge in [-0.25, -0.2) is 9.59 Å². The maximum absolute atomic E-state index is 13.3. The molecule has 0 aliphatic heterocycles. The number of amides is 2. The molecule has 0 unspecified atom stereocenters. The van der Waals surface area contributed by atoms with Gasteiger partial charge in [-0.3, -0.25) is 4.79 Å². The Labute approximate surface area is 218 Å². The van der Waals surface area contributed by atoms with Gasteiger partial charge in [-0.1, -0.05) is 111 Å². The van der Waals surface area contributed by atoms with Gasteiger partial charge in [0.2, 0.25) is 5.91 Å². The lowest BCUT2D eigenvalue weighted by molar-refractivity contribution is -0.149. The minimum absolute atomic E-state index is 0.0873. The number of nitrogens with one attached hydrogen (secondary N) is 2. The molecule has 0 fully saturated rings. The normalized spacial score (nSPS) is 13.0. The van der Waals surface area contributed by atoms with Gasteiger partial charge in [0.05, 0.1) is 0 Å². The van der Waals surface area contributed by atoms with E-state index in [0.29, 0.717) is 6.42 Å². The minimum Gasteiger partial charge on any atom is -0.459 e. The summed E-state index contributed by atoms with van der Waals surface area (Å²) >= 11 is 0. The highest BCUT2D eigenvalue weighted by atomic mass is 16.5. The van der Waals surface area contributed by atoms with E-state index in [1.807, 2.05) is 105 Å². The van der Waals surface area contributed by atoms with Crippen molar-refractivity contribution in [3.05, 3.63) is 108 Å². The molecular weight excluding hydrogens is 468 g/mol. The third-order valence-corrected chi connectivity index (χ3v) is 6.09. The van der Waals surface area contributed by atoms with Gasteiger partial charge in [0, 0.05) is 6.42 Å². The first-order valence-corrected chi connectivity index (χ1v) is 12.5. The lowest BCUT2D eigenvalue weighted by Crippen LogP contribution is -2.54. The molecule has 3 aromatic carbocycles. The molecule has 0 aliphatic rings. The van der Waals surface area contributed by atoms with Crippen molar-refractivity contribution < 1.29 is 23.9 Å². The van der Waals surface area contributed by atoms with E-state index in [0.717, 1.165) is 16.7 Å². The number of carbonyl (C=O) groups is 3.